The van der Waals surface area contributed by atoms with Crippen LogP contribution in [0.15, 0.2) is 133 Å². The molecule has 2 aromatic heterocycles. The molecule has 1 atom stereocenters. The van der Waals surface area contributed by atoms with Gasteiger partial charge in [0.1, 0.15) is 6.17 Å². The fourth-order valence-corrected chi connectivity index (χ4v) is 8.23. The number of hydrogen-bond donors (Lipinski definition) is 1. The highest BCUT2D eigenvalue weighted by Crippen LogP contribution is 2.44. The summed E-state index contributed by atoms with van der Waals surface area (Å²) in [7, 11) is 0. The zero-order valence-corrected chi connectivity index (χ0v) is 25.1. The van der Waals surface area contributed by atoms with E-state index in [0.29, 0.717) is 0 Å². The summed E-state index contributed by atoms with van der Waals surface area (Å²) in [5.41, 5.74) is 9.30. The lowest BCUT2D eigenvalue weighted by Gasteiger charge is -2.26. The molecule has 1 aliphatic rings. The molecule has 0 radical (unpaired) electrons. The number of hydrogen-bond acceptors (Lipinski definition) is 4. The van der Waals surface area contributed by atoms with E-state index in [1.807, 2.05) is 11.3 Å². The number of para-hydroxylation sites is 3. The van der Waals surface area contributed by atoms with Gasteiger partial charge >= 0.3 is 0 Å². The van der Waals surface area contributed by atoms with Crippen molar-refractivity contribution in [3.8, 4) is 22.4 Å². The van der Waals surface area contributed by atoms with Crippen LogP contribution in [0.2, 0.25) is 0 Å². The van der Waals surface area contributed by atoms with E-state index in [1.54, 1.807) is 0 Å². The Morgan fingerprint density at radius 3 is 2.30 bits per heavy atom. The fraction of sp³-hybridized carbons (Fsp3) is 0.0750. The Labute approximate surface area is 260 Å². The molecular formula is C40H29N3S. The van der Waals surface area contributed by atoms with E-state index in [1.165, 1.54) is 64.4 Å². The predicted octanol–water partition coefficient (Wildman–Crippen LogP) is 11.0. The molecule has 0 aliphatic carbocycles. The van der Waals surface area contributed by atoms with Gasteiger partial charge < -0.3 is 10.2 Å². The molecule has 3 heterocycles. The number of pyridine rings is 1. The van der Waals surface area contributed by atoms with Crippen molar-refractivity contribution in [2.45, 2.75) is 13.1 Å². The van der Waals surface area contributed by atoms with Crippen LogP contribution in [-0.2, 0) is 0 Å². The Morgan fingerprint density at radius 1 is 0.659 bits per heavy atom. The highest BCUT2D eigenvalue weighted by molar-refractivity contribution is 7.26. The van der Waals surface area contributed by atoms with Gasteiger partial charge in [-0.3, -0.25) is 0 Å². The third kappa shape index (κ3) is 3.84. The van der Waals surface area contributed by atoms with Crippen LogP contribution in [0.3, 0.4) is 0 Å². The van der Waals surface area contributed by atoms with E-state index >= 15 is 0 Å². The maximum atomic E-state index is 5.26. The molecule has 0 saturated carbocycles. The molecule has 4 heteroatoms. The van der Waals surface area contributed by atoms with Crippen molar-refractivity contribution < 1.29 is 0 Å². The summed E-state index contributed by atoms with van der Waals surface area (Å²) in [5, 5.41) is 10.0. The minimum Gasteiger partial charge on any atom is -0.360 e. The van der Waals surface area contributed by atoms with Crippen LogP contribution in [0.25, 0.3) is 64.2 Å². The number of anilines is 2. The highest BCUT2D eigenvalue weighted by atomic mass is 32.1. The van der Waals surface area contributed by atoms with Crippen LogP contribution in [0, 0.1) is 0 Å². The predicted molar refractivity (Wildman–Crippen MR) is 189 cm³/mol. The second-order valence-electron chi connectivity index (χ2n) is 11.5. The van der Waals surface area contributed by atoms with Crippen LogP contribution in [-0.4, -0.2) is 11.5 Å². The molecule has 210 valence electrons. The number of benzene rings is 6. The van der Waals surface area contributed by atoms with Crippen LogP contribution < -0.4 is 10.2 Å². The van der Waals surface area contributed by atoms with Gasteiger partial charge in [0.05, 0.1) is 22.6 Å². The number of thiophene rings is 1. The monoisotopic (exact) mass is 583 g/mol. The molecule has 1 aliphatic heterocycles. The van der Waals surface area contributed by atoms with Crippen LogP contribution >= 0.6 is 11.3 Å². The molecule has 6 aromatic carbocycles. The standard InChI is InChI=1S/C40H29N3S/c1-2-43-35-16-7-6-15-34(35)42-40(43)26-20-18-25(19-21-26)27-10-9-11-28(24-27)38-32-23-22-30-29-12-4-8-17-36(29)44-39(30)37(32)31-13-3-5-14-33(31)41-38/h3-24,40,42H,2H2,1H3. The van der Waals surface area contributed by atoms with Gasteiger partial charge in [0.15, 0.2) is 0 Å². The van der Waals surface area contributed by atoms with Gasteiger partial charge in [-0.1, -0.05) is 103 Å². The van der Waals surface area contributed by atoms with Crippen LogP contribution in [0.4, 0.5) is 11.4 Å². The summed E-state index contributed by atoms with van der Waals surface area (Å²) in [6.45, 7) is 3.16. The SMILES string of the molecule is CCN1c2ccccc2NC1c1ccc(-c2cccc(-c3nc4ccccc4c4c3ccc3c5ccccc5sc34)c2)cc1. The van der Waals surface area contributed by atoms with Gasteiger partial charge in [-0.25, -0.2) is 4.98 Å². The largest absolute Gasteiger partial charge is 0.360 e. The topological polar surface area (TPSA) is 28.2 Å². The summed E-state index contributed by atoms with van der Waals surface area (Å²) >= 11 is 1.88. The molecule has 9 rings (SSSR count). The Hall–Kier alpha value is -5.19. The maximum absolute atomic E-state index is 5.26. The second-order valence-corrected chi connectivity index (χ2v) is 12.5. The minimum absolute atomic E-state index is 0.136. The molecule has 0 saturated heterocycles. The molecule has 0 spiro atoms. The summed E-state index contributed by atoms with van der Waals surface area (Å²) in [6.07, 6.45) is 0.136. The molecule has 0 fully saturated rings. The lowest BCUT2D eigenvalue weighted by Crippen LogP contribution is -2.27. The first kappa shape index (κ1) is 25.3. The average molecular weight is 584 g/mol. The third-order valence-corrected chi connectivity index (χ3v) is 10.3. The van der Waals surface area contributed by atoms with Gasteiger partial charge in [0.25, 0.3) is 0 Å². The molecule has 1 unspecified atom stereocenters. The van der Waals surface area contributed by atoms with Gasteiger partial charge in [0, 0.05) is 48.4 Å². The van der Waals surface area contributed by atoms with Crippen molar-refractivity contribution in [2.75, 3.05) is 16.8 Å². The normalized spacial score (nSPS) is 14.5. The van der Waals surface area contributed by atoms with Crippen LogP contribution in [0.5, 0.6) is 0 Å². The first-order chi connectivity index (χ1) is 21.8. The second kappa shape index (κ2) is 9.94. The van der Waals surface area contributed by atoms with Crippen molar-refractivity contribution in [3.63, 3.8) is 0 Å². The van der Waals surface area contributed by atoms with Crippen molar-refractivity contribution in [3.05, 3.63) is 139 Å². The molecule has 8 aromatic rings. The van der Waals surface area contributed by atoms with Crippen molar-refractivity contribution in [1.29, 1.82) is 0 Å². The summed E-state index contributed by atoms with van der Waals surface area (Å²) in [6, 6.07) is 48.3. The Kier molecular flexibility index (Phi) is 5.72. The molecule has 0 amide bonds. The van der Waals surface area contributed by atoms with E-state index in [4.69, 9.17) is 4.98 Å². The maximum Gasteiger partial charge on any atom is 0.126 e. The van der Waals surface area contributed by atoms with Gasteiger partial charge in [-0.2, -0.15) is 0 Å². The highest BCUT2D eigenvalue weighted by Gasteiger charge is 2.28. The van der Waals surface area contributed by atoms with E-state index in [2.05, 4.69) is 151 Å². The lowest BCUT2D eigenvalue weighted by molar-refractivity contribution is 0.735. The molecule has 44 heavy (non-hydrogen) atoms. The Morgan fingerprint density at radius 2 is 1.41 bits per heavy atom. The fourth-order valence-electron chi connectivity index (χ4n) is 6.97. The lowest BCUT2D eigenvalue weighted by atomic mass is 9.95. The minimum atomic E-state index is 0.136. The first-order valence-corrected chi connectivity index (χ1v) is 16.0. The number of rotatable bonds is 4. The van der Waals surface area contributed by atoms with Gasteiger partial charge in [-0.15, -0.1) is 11.3 Å². The van der Waals surface area contributed by atoms with Crippen molar-refractivity contribution in [2.24, 2.45) is 0 Å². The first-order valence-electron chi connectivity index (χ1n) is 15.2. The van der Waals surface area contributed by atoms with E-state index in [9.17, 15) is 0 Å². The van der Waals surface area contributed by atoms with Gasteiger partial charge in [0.2, 0.25) is 0 Å². The molecule has 3 nitrogen and oxygen atoms in total. The summed E-state index contributed by atoms with van der Waals surface area (Å²) < 4.78 is 2.65. The quantitative estimate of drug-likeness (QED) is 0.209. The number of aromatic nitrogens is 1. The summed E-state index contributed by atoms with van der Waals surface area (Å²) in [5.74, 6) is 0. The van der Waals surface area contributed by atoms with Crippen molar-refractivity contribution >= 4 is 64.6 Å². The van der Waals surface area contributed by atoms with Crippen molar-refractivity contribution in [1.82, 2.24) is 4.98 Å². The van der Waals surface area contributed by atoms with E-state index in [0.717, 1.165) is 23.3 Å². The number of fused-ring (bicyclic) bond motifs is 8. The Balaban J connectivity index is 1.15. The Bertz CT molecular complexity index is 2370. The summed E-state index contributed by atoms with van der Waals surface area (Å²) in [4.78, 5) is 7.69. The third-order valence-electron chi connectivity index (χ3n) is 9.06. The van der Waals surface area contributed by atoms with Gasteiger partial charge in [-0.05, 0) is 53.9 Å². The smallest absolute Gasteiger partial charge is 0.126 e. The molecular weight excluding hydrogens is 555 g/mol. The number of nitrogens with one attached hydrogen (secondary N) is 1. The molecule has 0 bridgehead atoms. The van der Waals surface area contributed by atoms with E-state index in [-0.39, 0.29) is 6.17 Å². The zero-order chi connectivity index (χ0) is 29.2. The van der Waals surface area contributed by atoms with E-state index < -0.39 is 0 Å². The average Bonchev–Trinajstić information content (AvgIpc) is 3.66. The zero-order valence-electron chi connectivity index (χ0n) is 24.3. The van der Waals surface area contributed by atoms with Crippen LogP contribution in [0.1, 0.15) is 18.7 Å². The number of nitrogens with zero attached hydrogens (tertiary/aromatic N) is 2. The molecule has 1 N–H and O–H groups in total.